The number of sulfonamides is 1. The number of thiazole rings is 1. The smallest absolute Gasteiger partial charge is 0.244 e. The number of halogens is 1. The highest BCUT2D eigenvalue weighted by molar-refractivity contribution is 7.89. The molecule has 1 aliphatic rings. The summed E-state index contributed by atoms with van der Waals surface area (Å²) in [5.41, 5.74) is 1.08. The molecule has 0 radical (unpaired) electrons. The summed E-state index contributed by atoms with van der Waals surface area (Å²) in [7, 11) is -3.58. The van der Waals surface area contributed by atoms with Crippen LogP contribution in [0.5, 0.6) is 0 Å². The number of nitrogens with zero attached hydrogens (tertiary/aromatic N) is 3. The first-order chi connectivity index (χ1) is 14.9. The van der Waals surface area contributed by atoms with Gasteiger partial charge in [0.2, 0.25) is 15.9 Å². The molecule has 1 amide bonds. The van der Waals surface area contributed by atoms with Gasteiger partial charge in [-0.3, -0.25) is 9.78 Å². The van der Waals surface area contributed by atoms with Crippen LogP contribution < -0.4 is 5.32 Å². The Balaban J connectivity index is 1.32. The van der Waals surface area contributed by atoms with E-state index in [4.69, 9.17) is 11.6 Å². The van der Waals surface area contributed by atoms with Crippen molar-refractivity contribution >= 4 is 44.0 Å². The van der Waals surface area contributed by atoms with Gasteiger partial charge in [-0.2, -0.15) is 4.31 Å². The van der Waals surface area contributed by atoms with Crippen LogP contribution in [-0.2, 0) is 21.2 Å². The zero-order valence-corrected chi connectivity index (χ0v) is 19.0. The highest BCUT2D eigenvalue weighted by Crippen LogP contribution is 2.26. The average molecular weight is 477 g/mol. The molecule has 7 nitrogen and oxygen atoms in total. The van der Waals surface area contributed by atoms with E-state index in [9.17, 15) is 13.2 Å². The van der Waals surface area contributed by atoms with E-state index in [0.717, 1.165) is 10.4 Å². The van der Waals surface area contributed by atoms with Crippen molar-refractivity contribution in [2.24, 2.45) is 5.92 Å². The molecule has 0 unspecified atom stereocenters. The van der Waals surface area contributed by atoms with Gasteiger partial charge in [0.1, 0.15) is 4.90 Å². The van der Waals surface area contributed by atoms with Gasteiger partial charge >= 0.3 is 0 Å². The minimum absolute atomic E-state index is 0.123. The quantitative estimate of drug-likeness (QED) is 0.583. The first kappa shape index (κ1) is 21.9. The molecule has 0 atom stereocenters. The molecule has 0 spiro atoms. The van der Waals surface area contributed by atoms with Crippen LogP contribution in [0.1, 0.15) is 23.3 Å². The molecule has 10 heteroatoms. The van der Waals surface area contributed by atoms with E-state index in [1.54, 1.807) is 12.3 Å². The van der Waals surface area contributed by atoms with E-state index in [0.29, 0.717) is 42.5 Å². The van der Waals surface area contributed by atoms with E-state index in [1.807, 2.05) is 24.3 Å². The molecule has 0 bridgehead atoms. The van der Waals surface area contributed by atoms with Gasteiger partial charge in [-0.15, -0.1) is 11.3 Å². The van der Waals surface area contributed by atoms with Gasteiger partial charge in [0, 0.05) is 53.9 Å². The Kier molecular flexibility index (Phi) is 6.66. The number of rotatable bonds is 6. The number of piperidine rings is 1. The number of anilines is 1. The number of carbonyl (C=O) groups is 1. The summed E-state index contributed by atoms with van der Waals surface area (Å²) >= 11 is 7.46. The lowest BCUT2D eigenvalue weighted by Gasteiger charge is -2.30. The van der Waals surface area contributed by atoms with Crippen molar-refractivity contribution in [1.29, 1.82) is 0 Å². The van der Waals surface area contributed by atoms with Crippen LogP contribution in [0.4, 0.5) is 5.13 Å². The second-order valence-corrected chi connectivity index (χ2v) is 10.8. The fourth-order valence-electron chi connectivity index (χ4n) is 3.51. The minimum Gasteiger partial charge on any atom is -0.302 e. The Morgan fingerprint density at radius 2 is 2.00 bits per heavy atom. The van der Waals surface area contributed by atoms with E-state index in [-0.39, 0.29) is 16.7 Å². The molecular weight excluding hydrogens is 456 g/mol. The SMILES string of the molecule is O=C(Nc1ncc(Cc2cccc(Cl)c2)s1)C1CCN(S(=O)(=O)c2cccnc2)CC1. The second-order valence-electron chi connectivity index (χ2n) is 7.29. The van der Waals surface area contributed by atoms with Gasteiger partial charge in [-0.1, -0.05) is 23.7 Å². The van der Waals surface area contributed by atoms with Crippen molar-refractivity contribution in [2.45, 2.75) is 24.2 Å². The Hall–Kier alpha value is -2.33. The van der Waals surface area contributed by atoms with Gasteiger partial charge < -0.3 is 5.32 Å². The van der Waals surface area contributed by atoms with Crippen molar-refractivity contribution in [1.82, 2.24) is 14.3 Å². The fourth-order valence-corrected chi connectivity index (χ4v) is 6.01. The standard InChI is InChI=1S/C21H21ClN4O3S2/c22-17-4-1-3-15(11-17)12-18-13-24-21(30-18)25-20(27)16-6-9-26(10-7-16)31(28,29)19-5-2-8-23-14-19/h1-5,8,11,13-14,16H,6-7,9-10,12H2,(H,24,25,27). The second kappa shape index (κ2) is 9.44. The van der Waals surface area contributed by atoms with Gasteiger partial charge in [-0.05, 0) is 42.7 Å². The molecule has 162 valence electrons. The molecule has 2 aromatic heterocycles. The fraction of sp³-hybridized carbons (Fsp3) is 0.286. The van der Waals surface area contributed by atoms with Crippen molar-refractivity contribution in [3.8, 4) is 0 Å². The van der Waals surface area contributed by atoms with Crippen LogP contribution in [0.15, 0.2) is 59.9 Å². The van der Waals surface area contributed by atoms with Crippen molar-refractivity contribution < 1.29 is 13.2 Å². The molecule has 4 rings (SSSR count). The minimum atomic E-state index is -3.58. The monoisotopic (exact) mass is 476 g/mol. The van der Waals surface area contributed by atoms with Crippen molar-refractivity contribution in [2.75, 3.05) is 18.4 Å². The molecule has 0 aliphatic carbocycles. The molecule has 3 aromatic rings. The Morgan fingerprint density at radius 3 is 2.71 bits per heavy atom. The number of benzene rings is 1. The summed E-state index contributed by atoms with van der Waals surface area (Å²) in [5, 5.41) is 4.11. The van der Waals surface area contributed by atoms with E-state index in [2.05, 4.69) is 15.3 Å². The third kappa shape index (κ3) is 5.30. The molecule has 1 fully saturated rings. The van der Waals surface area contributed by atoms with Gasteiger partial charge in [0.05, 0.1) is 0 Å². The predicted molar refractivity (Wildman–Crippen MR) is 121 cm³/mol. The zero-order valence-electron chi connectivity index (χ0n) is 16.6. The highest BCUT2D eigenvalue weighted by atomic mass is 35.5. The summed E-state index contributed by atoms with van der Waals surface area (Å²) in [4.78, 5) is 22.1. The number of aromatic nitrogens is 2. The van der Waals surface area contributed by atoms with Crippen LogP contribution in [0, 0.1) is 5.92 Å². The first-order valence-electron chi connectivity index (χ1n) is 9.82. The predicted octanol–water partition coefficient (Wildman–Crippen LogP) is 3.82. The van der Waals surface area contributed by atoms with Crippen LogP contribution in [-0.4, -0.2) is 41.7 Å². The van der Waals surface area contributed by atoms with Crippen LogP contribution in [0.2, 0.25) is 5.02 Å². The Bertz CT molecular complexity index is 1160. The van der Waals surface area contributed by atoms with Crippen molar-refractivity contribution in [3.63, 3.8) is 0 Å². The molecule has 0 saturated carbocycles. The number of nitrogens with one attached hydrogen (secondary N) is 1. The lowest BCUT2D eigenvalue weighted by molar-refractivity contribution is -0.120. The van der Waals surface area contributed by atoms with E-state index < -0.39 is 10.0 Å². The lowest BCUT2D eigenvalue weighted by atomic mass is 9.97. The molecule has 3 heterocycles. The first-order valence-corrected chi connectivity index (χ1v) is 12.5. The number of amides is 1. The van der Waals surface area contributed by atoms with Crippen molar-refractivity contribution in [3.05, 3.63) is 70.5 Å². The summed E-state index contributed by atoms with van der Waals surface area (Å²) in [6.07, 6.45) is 6.26. The van der Waals surface area contributed by atoms with Gasteiger partial charge in [0.15, 0.2) is 5.13 Å². The third-order valence-electron chi connectivity index (χ3n) is 5.15. The topological polar surface area (TPSA) is 92.3 Å². The van der Waals surface area contributed by atoms with Crippen LogP contribution in [0.3, 0.4) is 0 Å². The molecule has 31 heavy (non-hydrogen) atoms. The summed E-state index contributed by atoms with van der Waals surface area (Å²) < 4.78 is 26.8. The molecule has 1 N–H and O–H groups in total. The Morgan fingerprint density at radius 1 is 1.19 bits per heavy atom. The van der Waals surface area contributed by atoms with E-state index in [1.165, 1.54) is 34.1 Å². The summed E-state index contributed by atoms with van der Waals surface area (Å²) in [5.74, 6) is -0.372. The summed E-state index contributed by atoms with van der Waals surface area (Å²) in [6.45, 7) is 0.598. The maximum atomic E-state index is 12.7. The largest absolute Gasteiger partial charge is 0.302 e. The highest BCUT2D eigenvalue weighted by Gasteiger charge is 2.32. The normalized spacial score (nSPS) is 15.6. The van der Waals surface area contributed by atoms with Crippen LogP contribution in [0.25, 0.3) is 0 Å². The maximum Gasteiger partial charge on any atom is 0.244 e. The molecular formula is C21H21ClN4O3S2. The van der Waals surface area contributed by atoms with E-state index >= 15 is 0 Å². The number of pyridine rings is 1. The number of hydrogen-bond acceptors (Lipinski definition) is 6. The molecule has 1 aliphatic heterocycles. The number of hydrogen-bond donors (Lipinski definition) is 1. The zero-order chi connectivity index (χ0) is 21.8. The number of carbonyl (C=O) groups excluding carboxylic acids is 1. The maximum absolute atomic E-state index is 12.7. The lowest BCUT2D eigenvalue weighted by Crippen LogP contribution is -2.41. The summed E-state index contributed by atoms with van der Waals surface area (Å²) in [6, 6.07) is 10.8. The molecule has 1 saturated heterocycles. The Labute approximate surface area is 190 Å². The average Bonchev–Trinajstić information content (AvgIpc) is 3.21. The van der Waals surface area contributed by atoms with Gasteiger partial charge in [-0.25, -0.2) is 13.4 Å². The third-order valence-corrected chi connectivity index (χ3v) is 8.18. The molecule has 1 aromatic carbocycles. The van der Waals surface area contributed by atoms with Crippen LogP contribution >= 0.6 is 22.9 Å². The van der Waals surface area contributed by atoms with Gasteiger partial charge in [0.25, 0.3) is 0 Å².